The van der Waals surface area contributed by atoms with Crippen LogP contribution in [0.25, 0.3) is 0 Å². The molecule has 0 aromatic carbocycles. The highest BCUT2D eigenvalue weighted by Crippen LogP contribution is 2.33. The minimum Gasteiger partial charge on any atom is -0.477 e. The molecule has 0 saturated carbocycles. The molecule has 11 heteroatoms. The molecular formula is C18H18ClF3N4O3. The largest absolute Gasteiger partial charge is 0.477 e. The zero-order chi connectivity index (χ0) is 21.6. The quantitative estimate of drug-likeness (QED) is 0.654. The van der Waals surface area contributed by atoms with Crippen molar-refractivity contribution in [1.29, 1.82) is 0 Å². The Labute approximate surface area is 169 Å². The van der Waals surface area contributed by atoms with Crippen LogP contribution in [0.1, 0.15) is 35.0 Å². The minimum absolute atomic E-state index is 0.0882. The van der Waals surface area contributed by atoms with Gasteiger partial charge in [-0.1, -0.05) is 11.6 Å². The number of anilines is 1. The molecule has 2 aromatic rings. The number of nitrogens with zero attached hydrogens (tertiary/aromatic N) is 2. The molecule has 0 unspecified atom stereocenters. The summed E-state index contributed by atoms with van der Waals surface area (Å²) in [6, 6.07) is 3.76. The second-order valence-electron chi connectivity index (χ2n) is 6.03. The summed E-state index contributed by atoms with van der Waals surface area (Å²) in [5.74, 6) is -0.514. The maximum atomic E-state index is 12.6. The van der Waals surface area contributed by atoms with E-state index in [0.29, 0.717) is 23.9 Å². The molecule has 0 aliphatic carbocycles. The molecule has 2 amide bonds. The van der Waals surface area contributed by atoms with Crippen molar-refractivity contribution >= 4 is 29.2 Å². The van der Waals surface area contributed by atoms with E-state index in [2.05, 4.69) is 20.6 Å². The van der Waals surface area contributed by atoms with Crippen LogP contribution in [0, 0.1) is 6.92 Å². The van der Waals surface area contributed by atoms with Crippen LogP contribution in [0.5, 0.6) is 5.88 Å². The standard InChI is InChI=1S/C18H18ClF3N4O3/c1-10-6-12(7-15(25-10)26-11(2)27)16(28)23-4-3-5-29-17-14(19)8-13(9-24-17)18(20,21)22/h6-9H,3-5H2,1-2H3,(H,23,28)(H,25,26,27). The lowest BCUT2D eigenvalue weighted by atomic mass is 10.2. The van der Waals surface area contributed by atoms with Gasteiger partial charge in [0.2, 0.25) is 11.8 Å². The number of hydrogen-bond donors (Lipinski definition) is 2. The van der Waals surface area contributed by atoms with Gasteiger partial charge in [-0.25, -0.2) is 9.97 Å². The third kappa shape index (κ3) is 6.90. The van der Waals surface area contributed by atoms with Crippen LogP contribution >= 0.6 is 11.6 Å². The lowest BCUT2D eigenvalue weighted by molar-refractivity contribution is -0.137. The molecule has 0 aliphatic heterocycles. The van der Waals surface area contributed by atoms with Crippen LogP contribution in [-0.4, -0.2) is 34.9 Å². The third-order valence-electron chi connectivity index (χ3n) is 3.50. The molecule has 2 N–H and O–H groups in total. The molecule has 0 spiro atoms. The Bertz CT molecular complexity index is 906. The Morgan fingerprint density at radius 3 is 2.59 bits per heavy atom. The summed E-state index contributed by atoms with van der Waals surface area (Å²) in [5.41, 5.74) is -0.0734. The Hall–Kier alpha value is -2.88. The number of halogens is 4. The van der Waals surface area contributed by atoms with Crippen LogP contribution in [-0.2, 0) is 11.0 Å². The second-order valence-corrected chi connectivity index (χ2v) is 6.44. The highest BCUT2D eigenvalue weighted by molar-refractivity contribution is 6.31. The van der Waals surface area contributed by atoms with Gasteiger partial charge in [0.1, 0.15) is 10.8 Å². The number of aryl methyl sites for hydroxylation is 1. The van der Waals surface area contributed by atoms with Gasteiger partial charge in [-0.3, -0.25) is 9.59 Å². The molecule has 7 nitrogen and oxygen atoms in total. The molecule has 0 atom stereocenters. The molecule has 2 aromatic heterocycles. The summed E-state index contributed by atoms with van der Waals surface area (Å²) < 4.78 is 43.0. The SMILES string of the molecule is CC(=O)Nc1cc(C(=O)NCCCOc2ncc(C(F)(F)F)cc2Cl)cc(C)n1. The second kappa shape index (κ2) is 9.55. The molecule has 2 heterocycles. The number of pyridine rings is 2. The molecule has 0 fully saturated rings. The number of carbonyl (C=O) groups excluding carboxylic acids is 2. The maximum Gasteiger partial charge on any atom is 0.417 e. The molecule has 0 saturated heterocycles. The zero-order valence-corrected chi connectivity index (χ0v) is 16.3. The maximum absolute atomic E-state index is 12.6. The first kappa shape index (κ1) is 22.4. The van der Waals surface area contributed by atoms with Gasteiger partial charge in [0, 0.05) is 30.9 Å². The van der Waals surface area contributed by atoms with Crippen LogP contribution in [0.2, 0.25) is 5.02 Å². The number of carbonyl (C=O) groups is 2. The normalized spacial score (nSPS) is 11.1. The fraction of sp³-hybridized carbons (Fsp3) is 0.333. The van der Waals surface area contributed by atoms with Crippen molar-refractivity contribution in [2.45, 2.75) is 26.4 Å². The number of hydrogen-bond acceptors (Lipinski definition) is 5. The molecule has 156 valence electrons. The summed E-state index contributed by atoms with van der Waals surface area (Å²) in [5, 5.41) is 4.94. The van der Waals surface area contributed by atoms with Gasteiger partial charge < -0.3 is 15.4 Å². The molecular weight excluding hydrogens is 413 g/mol. The van der Waals surface area contributed by atoms with Gasteiger partial charge in [-0.2, -0.15) is 13.2 Å². The van der Waals surface area contributed by atoms with E-state index in [1.807, 2.05) is 0 Å². The van der Waals surface area contributed by atoms with Crippen LogP contribution in [0.4, 0.5) is 19.0 Å². The highest BCUT2D eigenvalue weighted by Gasteiger charge is 2.31. The van der Waals surface area contributed by atoms with Crippen molar-refractivity contribution in [3.05, 3.63) is 46.2 Å². The monoisotopic (exact) mass is 430 g/mol. The van der Waals surface area contributed by atoms with Crippen molar-refractivity contribution in [3.8, 4) is 5.88 Å². The first-order valence-corrected chi connectivity index (χ1v) is 8.84. The number of aromatic nitrogens is 2. The Morgan fingerprint density at radius 2 is 1.97 bits per heavy atom. The molecule has 0 bridgehead atoms. The number of rotatable bonds is 7. The minimum atomic E-state index is -4.54. The highest BCUT2D eigenvalue weighted by atomic mass is 35.5. The lowest BCUT2D eigenvalue weighted by Gasteiger charge is -2.11. The Balaban J connectivity index is 1.83. The number of amides is 2. The first-order chi connectivity index (χ1) is 13.6. The van der Waals surface area contributed by atoms with Gasteiger partial charge in [0.15, 0.2) is 0 Å². The molecule has 29 heavy (non-hydrogen) atoms. The van der Waals surface area contributed by atoms with Crippen molar-refractivity contribution in [2.75, 3.05) is 18.5 Å². The number of ether oxygens (including phenoxy) is 1. The van der Waals surface area contributed by atoms with E-state index in [9.17, 15) is 22.8 Å². The average Bonchev–Trinajstić information content (AvgIpc) is 2.60. The van der Waals surface area contributed by atoms with Crippen molar-refractivity contribution in [3.63, 3.8) is 0 Å². The van der Waals surface area contributed by atoms with E-state index in [1.165, 1.54) is 13.0 Å². The predicted octanol–water partition coefficient (Wildman–Crippen LogP) is 3.61. The Kier molecular flexibility index (Phi) is 7.38. The smallest absolute Gasteiger partial charge is 0.417 e. The molecule has 0 radical (unpaired) electrons. The van der Waals surface area contributed by atoms with Gasteiger partial charge in [0.05, 0.1) is 12.2 Å². The van der Waals surface area contributed by atoms with E-state index in [4.69, 9.17) is 16.3 Å². The summed E-state index contributed by atoms with van der Waals surface area (Å²) in [4.78, 5) is 31.0. The van der Waals surface area contributed by atoms with E-state index >= 15 is 0 Å². The van der Waals surface area contributed by atoms with Crippen molar-refractivity contribution in [2.24, 2.45) is 0 Å². The van der Waals surface area contributed by atoms with Gasteiger partial charge in [-0.05, 0) is 31.5 Å². The van der Waals surface area contributed by atoms with E-state index in [0.717, 1.165) is 6.07 Å². The third-order valence-corrected chi connectivity index (χ3v) is 3.77. The zero-order valence-electron chi connectivity index (χ0n) is 15.6. The van der Waals surface area contributed by atoms with Gasteiger partial charge >= 0.3 is 6.18 Å². The summed E-state index contributed by atoms with van der Waals surface area (Å²) in [6.45, 7) is 3.36. The van der Waals surface area contributed by atoms with Gasteiger partial charge in [-0.15, -0.1) is 0 Å². The summed E-state index contributed by atoms with van der Waals surface area (Å²) >= 11 is 5.75. The van der Waals surface area contributed by atoms with E-state index in [1.54, 1.807) is 13.0 Å². The number of alkyl halides is 3. The van der Waals surface area contributed by atoms with Crippen LogP contribution in [0.15, 0.2) is 24.4 Å². The summed E-state index contributed by atoms with van der Waals surface area (Å²) in [7, 11) is 0. The summed E-state index contributed by atoms with van der Waals surface area (Å²) in [6.07, 6.45) is -3.53. The predicted molar refractivity (Wildman–Crippen MR) is 100.0 cm³/mol. The average molecular weight is 431 g/mol. The topological polar surface area (TPSA) is 93.2 Å². The van der Waals surface area contributed by atoms with E-state index in [-0.39, 0.29) is 41.7 Å². The van der Waals surface area contributed by atoms with Gasteiger partial charge in [0.25, 0.3) is 5.91 Å². The van der Waals surface area contributed by atoms with Crippen LogP contribution < -0.4 is 15.4 Å². The van der Waals surface area contributed by atoms with Crippen molar-refractivity contribution < 1.29 is 27.5 Å². The van der Waals surface area contributed by atoms with Crippen LogP contribution in [0.3, 0.4) is 0 Å². The number of nitrogens with one attached hydrogen (secondary N) is 2. The fourth-order valence-electron chi connectivity index (χ4n) is 2.28. The van der Waals surface area contributed by atoms with E-state index < -0.39 is 11.7 Å². The Morgan fingerprint density at radius 1 is 1.24 bits per heavy atom. The molecule has 0 aliphatic rings. The van der Waals surface area contributed by atoms with Crippen molar-refractivity contribution in [1.82, 2.24) is 15.3 Å². The first-order valence-electron chi connectivity index (χ1n) is 8.46. The lowest BCUT2D eigenvalue weighted by Crippen LogP contribution is -2.26. The molecule has 2 rings (SSSR count). The fourth-order valence-corrected chi connectivity index (χ4v) is 2.50.